The maximum absolute atomic E-state index is 5.28. The van der Waals surface area contributed by atoms with Crippen molar-refractivity contribution in [1.82, 2.24) is 10.6 Å². The Bertz CT molecular complexity index is 515. The van der Waals surface area contributed by atoms with Crippen LogP contribution in [0.3, 0.4) is 0 Å². The summed E-state index contributed by atoms with van der Waals surface area (Å²) in [5.41, 5.74) is 1.94. The summed E-state index contributed by atoms with van der Waals surface area (Å²) in [6.07, 6.45) is 6.27. The Morgan fingerprint density at radius 3 is 2.59 bits per heavy atom. The van der Waals surface area contributed by atoms with Crippen LogP contribution in [0.1, 0.15) is 45.1 Å². The van der Waals surface area contributed by atoms with Crippen molar-refractivity contribution in [2.24, 2.45) is 5.92 Å². The minimum Gasteiger partial charge on any atom is -0.497 e. The topological polar surface area (TPSA) is 33.3 Å². The fourth-order valence-corrected chi connectivity index (χ4v) is 4.85. The standard InChI is InChI=1S/C19H30N2O/c1-18-10-5-11-19(2,21-18)16(17(13-18)20-3)12-14-6-8-15(22-4)9-7-14/h6-9,16-17,20-21H,5,10-13H2,1-4H3. The molecule has 0 amide bonds. The second kappa shape index (κ2) is 5.86. The zero-order chi connectivity index (χ0) is 15.8. The van der Waals surface area contributed by atoms with Crippen molar-refractivity contribution in [1.29, 1.82) is 0 Å². The highest BCUT2D eigenvalue weighted by molar-refractivity contribution is 5.28. The minimum atomic E-state index is 0.235. The molecule has 2 aliphatic heterocycles. The monoisotopic (exact) mass is 302 g/mol. The SMILES string of the molecule is CNC1CC2(C)CCCC(C)(N2)C1Cc1ccc(OC)cc1. The lowest BCUT2D eigenvalue weighted by atomic mass is 9.62. The number of nitrogens with one attached hydrogen (secondary N) is 2. The normalized spacial score (nSPS) is 37.8. The molecule has 2 aliphatic rings. The first-order valence-electron chi connectivity index (χ1n) is 8.58. The summed E-state index contributed by atoms with van der Waals surface area (Å²) < 4.78 is 5.28. The molecular formula is C19H30N2O. The second-order valence-corrected chi connectivity index (χ2v) is 7.71. The van der Waals surface area contributed by atoms with Gasteiger partial charge in [0.2, 0.25) is 0 Å². The average molecular weight is 302 g/mol. The van der Waals surface area contributed by atoms with E-state index in [1.54, 1.807) is 7.11 Å². The van der Waals surface area contributed by atoms with Gasteiger partial charge in [-0.05, 0) is 76.6 Å². The van der Waals surface area contributed by atoms with E-state index in [-0.39, 0.29) is 5.54 Å². The van der Waals surface area contributed by atoms with Gasteiger partial charge in [-0.2, -0.15) is 0 Å². The molecule has 4 unspecified atom stereocenters. The summed E-state index contributed by atoms with van der Waals surface area (Å²) in [6, 6.07) is 9.16. The van der Waals surface area contributed by atoms with Crippen LogP contribution in [0, 0.1) is 5.92 Å². The average Bonchev–Trinajstić information content (AvgIpc) is 2.50. The molecule has 2 saturated heterocycles. The van der Waals surface area contributed by atoms with Crippen LogP contribution in [0.5, 0.6) is 5.75 Å². The Labute approximate surface area is 134 Å². The third kappa shape index (κ3) is 2.89. The van der Waals surface area contributed by atoms with Crippen molar-refractivity contribution >= 4 is 0 Å². The van der Waals surface area contributed by atoms with Gasteiger partial charge in [-0.25, -0.2) is 0 Å². The minimum absolute atomic E-state index is 0.235. The summed E-state index contributed by atoms with van der Waals surface area (Å²) in [6.45, 7) is 4.83. The van der Waals surface area contributed by atoms with Gasteiger partial charge in [0, 0.05) is 17.1 Å². The van der Waals surface area contributed by atoms with Crippen LogP contribution in [-0.2, 0) is 6.42 Å². The second-order valence-electron chi connectivity index (χ2n) is 7.71. The van der Waals surface area contributed by atoms with Gasteiger partial charge in [0.05, 0.1) is 7.11 Å². The Hall–Kier alpha value is -1.06. The molecule has 3 rings (SSSR count). The molecule has 3 heteroatoms. The van der Waals surface area contributed by atoms with E-state index in [1.165, 1.54) is 31.2 Å². The maximum Gasteiger partial charge on any atom is 0.118 e. The number of hydrogen-bond donors (Lipinski definition) is 2. The lowest BCUT2D eigenvalue weighted by Crippen LogP contribution is -2.71. The number of hydrogen-bond acceptors (Lipinski definition) is 3. The number of ether oxygens (including phenoxy) is 1. The van der Waals surface area contributed by atoms with E-state index in [2.05, 4.69) is 55.8 Å². The molecule has 2 N–H and O–H groups in total. The van der Waals surface area contributed by atoms with Gasteiger partial charge in [0.1, 0.15) is 5.75 Å². The Kier molecular flexibility index (Phi) is 4.21. The van der Waals surface area contributed by atoms with Gasteiger partial charge in [-0.3, -0.25) is 0 Å². The fourth-order valence-electron chi connectivity index (χ4n) is 4.85. The van der Waals surface area contributed by atoms with Gasteiger partial charge in [-0.1, -0.05) is 12.1 Å². The maximum atomic E-state index is 5.28. The number of rotatable bonds is 4. The van der Waals surface area contributed by atoms with Crippen LogP contribution < -0.4 is 15.4 Å². The highest BCUT2D eigenvalue weighted by atomic mass is 16.5. The summed E-state index contributed by atoms with van der Waals surface area (Å²) >= 11 is 0. The molecular weight excluding hydrogens is 272 g/mol. The highest BCUT2D eigenvalue weighted by Gasteiger charge is 2.51. The summed E-state index contributed by atoms with van der Waals surface area (Å²) in [5.74, 6) is 1.56. The largest absolute Gasteiger partial charge is 0.497 e. The number of piperidine rings is 2. The van der Waals surface area contributed by atoms with E-state index < -0.39 is 0 Å². The molecule has 122 valence electrons. The third-order valence-electron chi connectivity index (χ3n) is 5.97. The van der Waals surface area contributed by atoms with E-state index in [0.717, 1.165) is 12.2 Å². The number of fused-ring (bicyclic) bond motifs is 2. The smallest absolute Gasteiger partial charge is 0.118 e. The van der Waals surface area contributed by atoms with Gasteiger partial charge >= 0.3 is 0 Å². The molecule has 2 heterocycles. The van der Waals surface area contributed by atoms with Crippen LogP contribution in [0.25, 0.3) is 0 Å². The first-order chi connectivity index (χ1) is 10.5. The lowest BCUT2D eigenvalue weighted by molar-refractivity contribution is 0.0149. The quantitative estimate of drug-likeness (QED) is 0.896. The molecule has 0 radical (unpaired) electrons. The predicted octanol–water partition coefficient (Wildman–Crippen LogP) is 3.14. The molecule has 2 fully saturated rings. The Balaban J connectivity index is 1.83. The molecule has 0 aliphatic carbocycles. The van der Waals surface area contributed by atoms with Crippen molar-refractivity contribution in [2.75, 3.05) is 14.2 Å². The van der Waals surface area contributed by atoms with Crippen LogP contribution >= 0.6 is 0 Å². The van der Waals surface area contributed by atoms with Crippen LogP contribution in [0.2, 0.25) is 0 Å². The summed E-state index contributed by atoms with van der Waals surface area (Å²) in [4.78, 5) is 0. The fraction of sp³-hybridized carbons (Fsp3) is 0.684. The summed E-state index contributed by atoms with van der Waals surface area (Å²) in [7, 11) is 3.85. The zero-order valence-corrected chi connectivity index (χ0v) is 14.4. The van der Waals surface area contributed by atoms with Crippen molar-refractivity contribution in [3.8, 4) is 5.75 Å². The van der Waals surface area contributed by atoms with E-state index >= 15 is 0 Å². The van der Waals surface area contributed by atoms with Crippen molar-refractivity contribution in [2.45, 2.75) is 63.1 Å². The molecule has 1 aromatic rings. The zero-order valence-electron chi connectivity index (χ0n) is 14.4. The lowest BCUT2D eigenvalue weighted by Gasteiger charge is -2.58. The molecule has 0 spiro atoms. The third-order valence-corrected chi connectivity index (χ3v) is 5.97. The van der Waals surface area contributed by atoms with Crippen molar-refractivity contribution in [3.05, 3.63) is 29.8 Å². The number of benzene rings is 1. The molecule has 0 aromatic heterocycles. The van der Waals surface area contributed by atoms with Gasteiger partial charge in [0.25, 0.3) is 0 Å². The van der Waals surface area contributed by atoms with Crippen LogP contribution in [-0.4, -0.2) is 31.3 Å². The molecule has 0 saturated carbocycles. The first-order valence-corrected chi connectivity index (χ1v) is 8.58. The molecule has 4 atom stereocenters. The molecule has 2 bridgehead atoms. The van der Waals surface area contributed by atoms with Gasteiger partial charge in [0.15, 0.2) is 0 Å². The van der Waals surface area contributed by atoms with Crippen molar-refractivity contribution < 1.29 is 4.74 Å². The molecule has 1 aromatic carbocycles. The Morgan fingerprint density at radius 1 is 1.23 bits per heavy atom. The van der Waals surface area contributed by atoms with E-state index in [1.807, 2.05) is 0 Å². The first kappa shape index (κ1) is 15.8. The van der Waals surface area contributed by atoms with E-state index in [4.69, 9.17) is 4.74 Å². The van der Waals surface area contributed by atoms with Crippen LogP contribution in [0.15, 0.2) is 24.3 Å². The molecule has 22 heavy (non-hydrogen) atoms. The van der Waals surface area contributed by atoms with Gasteiger partial charge in [-0.15, -0.1) is 0 Å². The van der Waals surface area contributed by atoms with Crippen molar-refractivity contribution in [3.63, 3.8) is 0 Å². The highest BCUT2D eigenvalue weighted by Crippen LogP contribution is 2.44. The predicted molar refractivity (Wildman–Crippen MR) is 91.4 cm³/mol. The summed E-state index contributed by atoms with van der Waals surface area (Å²) in [5, 5.41) is 7.61. The van der Waals surface area contributed by atoms with Crippen LogP contribution in [0.4, 0.5) is 0 Å². The van der Waals surface area contributed by atoms with Gasteiger partial charge < -0.3 is 15.4 Å². The molecule has 3 nitrogen and oxygen atoms in total. The Morgan fingerprint density at radius 2 is 1.95 bits per heavy atom. The van der Waals surface area contributed by atoms with E-state index in [9.17, 15) is 0 Å². The van der Waals surface area contributed by atoms with E-state index in [0.29, 0.717) is 17.5 Å². The number of methoxy groups -OCH3 is 1.